The molecule has 0 aliphatic rings. The third kappa shape index (κ3) is 2.79. The van der Waals surface area contributed by atoms with Crippen LogP contribution in [0.15, 0.2) is 36.5 Å². The number of benzene rings is 1. The maximum absolute atomic E-state index is 11.7. The Kier molecular flexibility index (Phi) is 3.35. The molecule has 1 amide bonds. The van der Waals surface area contributed by atoms with E-state index in [-0.39, 0.29) is 18.2 Å². The zero-order valence-corrected chi connectivity index (χ0v) is 9.66. The van der Waals surface area contributed by atoms with Crippen molar-refractivity contribution in [2.75, 3.05) is 0 Å². The fraction of sp³-hybridized carbons (Fsp3) is 0.0833. The molecule has 17 heavy (non-hydrogen) atoms. The summed E-state index contributed by atoms with van der Waals surface area (Å²) in [6.45, 7) is 0.266. The van der Waals surface area contributed by atoms with E-state index in [2.05, 4.69) is 10.3 Å². The smallest absolute Gasteiger partial charge is 0.268 e. The van der Waals surface area contributed by atoms with Crippen molar-refractivity contribution >= 4 is 17.5 Å². The predicted molar refractivity (Wildman–Crippen MR) is 65.1 cm³/mol. The minimum Gasteiger partial charge on any atom is -0.508 e. The van der Waals surface area contributed by atoms with Crippen LogP contribution in [0.5, 0.6) is 5.75 Å². The highest BCUT2D eigenvalue weighted by atomic mass is 35.5. The van der Waals surface area contributed by atoms with E-state index in [1.807, 2.05) is 0 Å². The van der Waals surface area contributed by atoms with Crippen molar-refractivity contribution in [2.24, 2.45) is 0 Å². The second-order valence-corrected chi connectivity index (χ2v) is 3.98. The number of phenolic OH excluding ortho intramolecular Hbond substituents is 1. The zero-order chi connectivity index (χ0) is 12.3. The van der Waals surface area contributed by atoms with E-state index in [1.54, 1.807) is 30.3 Å². The summed E-state index contributed by atoms with van der Waals surface area (Å²) in [6.07, 6.45) is 1.54. The standard InChI is InChI=1S/C12H11ClN2O2/c13-9-5-10(14-7-9)12(17)15-6-8-3-1-2-4-11(8)16/h1-5,7,14,16H,6H2,(H,15,17). The number of aromatic hydroxyl groups is 1. The number of amides is 1. The molecule has 1 aromatic heterocycles. The van der Waals surface area contributed by atoms with Gasteiger partial charge < -0.3 is 15.4 Å². The van der Waals surface area contributed by atoms with Crippen LogP contribution in [0, 0.1) is 0 Å². The molecule has 2 rings (SSSR count). The molecule has 2 aromatic rings. The highest BCUT2D eigenvalue weighted by Crippen LogP contribution is 2.15. The van der Waals surface area contributed by atoms with Gasteiger partial charge in [-0.15, -0.1) is 0 Å². The second kappa shape index (κ2) is 4.93. The van der Waals surface area contributed by atoms with E-state index in [0.29, 0.717) is 16.3 Å². The first-order valence-electron chi connectivity index (χ1n) is 5.06. The van der Waals surface area contributed by atoms with E-state index in [1.165, 1.54) is 6.20 Å². The number of H-pyrrole nitrogens is 1. The number of phenols is 1. The van der Waals surface area contributed by atoms with E-state index >= 15 is 0 Å². The fourth-order valence-electron chi connectivity index (χ4n) is 1.43. The average Bonchev–Trinajstić information content (AvgIpc) is 2.74. The molecule has 0 bridgehead atoms. The average molecular weight is 251 g/mol. The van der Waals surface area contributed by atoms with Crippen LogP contribution < -0.4 is 5.32 Å². The number of carbonyl (C=O) groups excluding carboxylic acids is 1. The van der Waals surface area contributed by atoms with Crippen molar-refractivity contribution in [2.45, 2.75) is 6.54 Å². The molecule has 4 nitrogen and oxygen atoms in total. The lowest BCUT2D eigenvalue weighted by atomic mass is 10.2. The number of carbonyl (C=O) groups is 1. The number of para-hydroxylation sites is 1. The summed E-state index contributed by atoms with van der Waals surface area (Å²) in [4.78, 5) is 14.4. The van der Waals surface area contributed by atoms with Gasteiger partial charge in [0.15, 0.2) is 0 Å². The molecule has 1 aromatic carbocycles. The van der Waals surface area contributed by atoms with Crippen LogP contribution in [0.3, 0.4) is 0 Å². The number of halogens is 1. The van der Waals surface area contributed by atoms with E-state index in [0.717, 1.165) is 0 Å². The number of hydrogen-bond donors (Lipinski definition) is 3. The Morgan fingerprint density at radius 2 is 2.18 bits per heavy atom. The second-order valence-electron chi connectivity index (χ2n) is 3.54. The quantitative estimate of drug-likeness (QED) is 0.783. The van der Waals surface area contributed by atoms with Crippen molar-refractivity contribution in [3.8, 4) is 5.75 Å². The van der Waals surface area contributed by atoms with Crippen molar-refractivity contribution in [1.82, 2.24) is 10.3 Å². The van der Waals surface area contributed by atoms with Crippen LogP contribution in [0.1, 0.15) is 16.1 Å². The lowest BCUT2D eigenvalue weighted by Gasteiger charge is -2.05. The van der Waals surface area contributed by atoms with Crippen molar-refractivity contribution in [3.63, 3.8) is 0 Å². The SMILES string of the molecule is O=C(NCc1ccccc1O)c1cc(Cl)c[nH]1. The fourth-order valence-corrected chi connectivity index (χ4v) is 1.59. The van der Waals surface area contributed by atoms with Gasteiger partial charge in [-0.25, -0.2) is 0 Å². The van der Waals surface area contributed by atoms with Gasteiger partial charge in [0.1, 0.15) is 11.4 Å². The molecular formula is C12H11ClN2O2. The third-order valence-electron chi connectivity index (χ3n) is 2.32. The Labute approximate surface area is 103 Å². The van der Waals surface area contributed by atoms with Crippen LogP contribution in [0.25, 0.3) is 0 Å². The Balaban J connectivity index is 1.99. The van der Waals surface area contributed by atoms with Gasteiger partial charge in [-0.05, 0) is 12.1 Å². The molecule has 0 atom stereocenters. The van der Waals surface area contributed by atoms with Crippen LogP contribution in [0.4, 0.5) is 0 Å². The topological polar surface area (TPSA) is 65.1 Å². The monoisotopic (exact) mass is 250 g/mol. The number of nitrogens with one attached hydrogen (secondary N) is 2. The van der Waals surface area contributed by atoms with Gasteiger partial charge in [-0.3, -0.25) is 4.79 Å². The van der Waals surface area contributed by atoms with E-state index in [4.69, 9.17) is 11.6 Å². The maximum atomic E-state index is 11.7. The summed E-state index contributed by atoms with van der Waals surface area (Å²) in [5.41, 5.74) is 1.06. The largest absolute Gasteiger partial charge is 0.508 e. The van der Waals surface area contributed by atoms with Gasteiger partial charge in [0.25, 0.3) is 5.91 Å². The molecule has 88 valence electrons. The lowest BCUT2D eigenvalue weighted by molar-refractivity contribution is 0.0946. The Hall–Kier alpha value is -1.94. The minimum absolute atomic E-state index is 0.164. The summed E-state index contributed by atoms with van der Waals surface area (Å²) < 4.78 is 0. The summed E-state index contributed by atoms with van der Waals surface area (Å²) in [7, 11) is 0. The molecule has 0 fully saturated rings. The number of aromatic nitrogens is 1. The van der Waals surface area contributed by atoms with Gasteiger partial charge >= 0.3 is 0 Å². The Morgan fingerprint density at radius 3 is 2.82 bits per heavy atom. The predicted octanol–water partition coefficient (Wildman–Crippen LogP) is 2.30. The number of hydrogen-bond acceptors (Lipinski definition) is 2. The Bertz CT molecular complexity index is 537. The van der Waals surface area contributed by atoms with E-state index < -0.39 is 0 Å². The van der Waals surface area contributed by atoms with Crippen LogP contribution in [-0.4, -0.2) is 16.0 Å². The Morgan fingerprint density at radius 1 is 1.41 bits per heavy atom. The molecule has 0 saturated carbocycles. The minimum atomic E-state index is -0.264. The number of rotatable bonds is 3. The highest BCUT2D eigenvalue weighted by Gasteiger charge is 2.08. The van der Waals surface area contributed by atoms with Crippen molar-refractivity contribution in [1.29, 1.82) is 0 Å². The molecule has 3 N–H and O–H groups in total. The maximum Gasteiger partial charge on any atom is 0.268 e. The zero-order valence-electron chi connectivity index (χ0n) is 8.90. The molecular weight excluding hydrogens is 240 g/mol. The van der Waals surface area contributed by atoms with Crippen LogP contribution in [0.2, 0.25) is 5.02 Å². The molecule has 0 aliphatic heterocycles. The number of aromatic amines is 1. The molecule has 0 unspecified atom stereocenters. The molecule has 5 heteroatoms. The molecule has 0 radical (unpaired) electrons. The van der Waals surface area contributed by atoms with Crippen molar-refractivity contribution in [3.05, 3.63) is 52.8 Å². The first kappa shape index (κ1) is 11.5. The summed E-state index contributed by atoms with van der Waals surface area (Å²) in [5, 5.41) is 12.7. The van der Waals surface area contributed by atoms with Crippen LogP contribution in [-0.2, 0) is 6.54 Å². The van der Waals surface area contributed by atoms with Gasteiger partial charge in [-0.1, -0.05) is 29.8 Å². The van der Waals surface area contributed by atoms with Crippen molar-refractivity contribution < 1.29 is 9.90 Å². The molecule has 1 heterocycles. The van der Waals surface area contributed by atoms with E-state index in [9.17, 15) is 9.90 Å². The lowest BCUT2D eigenvalue weighted by Crippen LogP contribution is -2.23. The molecule has 0 spiro atoms. The summed E-state index contributed by atoms with van der Waals surface area (Å²) in [5.74, 6) is -0.0996. The van der Waals surface area contributed by atoms with Gasteiger partial charge in [0, 0.05) is 18.3 Å². The molecule has 0 aliphatic carbocycles. The summed E-state index contributed by atoms with van der Waals surface area (Å²) in [6, 6.07) is 8.39. The normalized spacial score (nSPS) is 10.2. The highest BCUT2D eigenvalue weighted by molar-refractivity contribution is 6.30. The first-order valence-corrected chi connectivity index (χ1v) is 5.43. The van der Waals surface area contributed by atoms with Gasteiger partial charge in [-0.2, -0.15) is 0 Å². The van der Waals surface area contributed by atoms with Gasteiger partial charge in [0.05, 0.1) is 5.02 Å². The molecule has 0 saturated heterocycles. The third-order valence-corrected chi connectivity index (χ3v) is 2.54. The first-order chi connectivity index (χ1) is 8.16. The van der Waals surface area contributed by atoms with Crippen LogP contribution >= 0.6 is 11.6 Å². The summed E-state index contributed by atoms with van der Waals surface area (Å²) >= 11 is 5.70. The van der Waals surface area contributed by atoms with Gasteiger partial charge in [0.2, 0.25) is 0 Å².